The molecule has 0 unspecified atom stereocenters. The number of aliphatic imine (C=N–C) groups is 1. The summed E-state index contributed by atoms with van der Waals surface area (Å²) in [6.07, 6.45) is -3.18. The first kappa shape index (κ1) is 18.3. The lowest BCUT2D eigenvalue weighted by atomic mass is 10.0. The molecule has 0 saturated carbocycles. The van der Waals surface area contributed by atoms with Gasteiger partial charge < -0.3 is 19.5 Å². The number of alkyl halides is 3. The van der Waals surface area contributed by atoms with Crippen LogP contribution in [0.15, 0.2) is 47.6 Å². The van der Waals surface area contributed by atoms with Gasteiger partial charge in [-0.05, 0) is 30.7 Å². The Morgan fingerprint density at radius 1 is 1.23 bits per heavy atom. The summed E-state index contributed by atoms with van der Waals surface area (Å²) >= 11 is 0. The number of aromatic amines is 1. The fourth-order valence-electron chi connectivity index (χ4n) is 3.69. The van der Waals surface area contributed by atoms with Gasteiger partial charge in [0, 0.05) is 48.7 Å². The van der Waals surface area contributed by atoms with Crippen molar-refractivity contribution in [3.63, 3.8) is 0 Å². The van der Waals surface area contributed by atoms with Crippen LogP contribution in [0.25, 0.3) is 11.3 Å². The van der Waals surface area contributed by atoms with Gasteiger partial charge in [-0.3, -0.25) is 10.1 Å². The number of benzene rings is 2. The smallest absolute Gasteiger partial charge is 0.454 e. The van der Waals surface area contributed by atoms with Crippen molar-refractivity contribution in [1.82, 2.24) is 10.2 Å². The van der Waals surface area contributed by atoms with Gasteiger partial charge in [-0.25, -0.2) is 0 Å². The van der Waals surface area contributed by atoms with Crippen molar-refractivity contribution >= 4 is 17.6 Å². The highest BCUT2D eigenvalue weighted by Gasteiger charge is 2.31. The summed E-state index contributed by atoms with van der Waals surface area (Å²) in [5.41, 5.74) is 2.53. The van der Waals surface area contributed by atoms with E-state index in [0.717, 1.165) is 23.4 Å². The van der Waals surface area contributed by atoms with Gasteiger partial charge in [0.1, 0.15) is 17.2 Å². The number of hydrogen-bond acceptors (Lipinski definition) is 6. The molecule has 2 aliphatic heterocycles. The van der Waals surface area contributed by atoms with Crippen molar-refractivity contribution in [3.8, 4) is 28.5 Å². The van der Waals surface area contributed by atoms with Crippen LogP contribution in [0, 0.1) is 0 Å². The zero-order chi connectivity index (χ0) is 22.5. The monoisotopic (exact) mass is 431 g/mol. The number of aromatic nitrogens is 2. The van der Waals surface area contributed by atoms with Crippen molar-refractivity contribution in [3.05, 3.63) is 48.2 Å². The first-order valence-corrected chi connectivity index (χ1v) is 9.51. The Morgan fingerprint density at radius 2 is 2.10 bits per heavy atom. The molecule has 2 aliphatic rings. The molecule has 10 heteroatoms. The maximum Gasteiger partial charge on any atom is 0.573 e. The molecule has 1 saturated heterocycles. The van der Waals surface area contributed by atoms with Crippen molar-refractivity contribution in [1.29, 1.82) is 0 Å². The van der Waals surface area contributed by atoms with E-state index in [0.29, 0.717) is 36.5 Å². The number of halogens is 3. The topological polar surface area (TPSA) is 83.0 Å². The van der Waals surface area contributed by atoms with Crippen LogP contribution in [0.1, 0.15) is 13.4 Å². The van der Waals surface area contributed by atoms with Gasteiger partial charge in [-0.2, -0.15) is 5.10 Å². The Kier molecular flexibility index (Phi) is 4.30. The Labute approximate surface area is 176 Å². The number of nitrogens with one attached hydrogen (secondary N) is 1. The second-order valence-electron chi connectivity index (χ2n) is 7.22. The minimum absolute atomic E-state index is 0.0485. The average Bonchev–Trinajstić information content (AvgIpc) is 3.38. The van der Waals surface area contributed by atoms with E-state index in [9.17, 15) is 18.3 Å². The second-order valence-corrected chi connectivity index (χ2v) is 7.22. The Balaban J connectivity index is 1.61. The van der Waals surface area contributed by atoms with E-state index < -0.39 is 18.2 Å². The fourth-order valence-corrected chi connectivity index (χ4v) is 3.69. The number of aliphatic hydroxyl groups excluding tert-OH is 1. The number of aliphatic hydroxyl groups is 1. The van der Waals surface area contributed by atoms with Gasteiger partial charge >= 0.3 is 6.36 Å². The molecule has 160 valence electrons. The molecule has 0 amide bonds. The van der Waals surface area contributed by atoms with Crippen LogP contribution < -0.4 is 14.4 Å². The predicted octanol–water partition coefficient (Wildman–Crippen LogP) is 4.40. The molecule has 1 atom stereocenters. The molecule has 31 heavy (non-hydrogen) atoms. The summed E-state index contributed by atoms with van der Waals surface area (Å²) in [5, 5.41) is 17.0. The third-order valence-electron chi connectivity index (χ3n) is 5.06. The van der Waals surface area contributed by atoms with Gasteiger partial charge in [0.2, 0.25) is 0 Å². The van der Waals surface area contributed by atoms with Crippen molar-refractivity contribution in [2.45, 2.75) is 18.9 Å². The molecule has 2 N–H and O–H groups in total. The molecule has 0 spiro atoms. The van der Waals surface area contributed by atoms with E-state index in [-0.39, 0.29) is 17.6 Å². The van der Waals surface area contributed by atoms with Gasteiger partial charge in [0.25, 0.3) is 0 Å². The molecule has 5 rings (SSSR count). The Morgan fingerprint density at radius 3 is 2.81 bits per heavy atom. The molecule has 0 aliphatic carbocycles. The lowest BCUT2D eigenvalue weighted by Gasteiger charge is -2.22. The second kappa shape index (κ2) is 7.31. The van der Waals surface area contributed by atoms with Crippen molar-refractivity contribution in [2.75, 3.05) is 18.0 Å². The van der Waals surface area contributed by atoms with Crippen LogP contribution in [0.5, 0.6) is 17.2 Å². The van der Waals surface area contributed by atoms with E-state index in [2.05, 4.69) is 19.9 Å². The van der Waals surface area contributed by atoms with Gasteiger partial charge in [0.15, 0.2) is 5.75 Å². The van der Waals surface area contributed by atoms with Crippen LogP contribution in [0.3, 0.4) is 0 Å². The van der Waals surface area contributed by atoms with Crippen LogP contribution >= 0.6 is 0 Å². The minimum atomic E-state index is -4.84. The standard InChI is InChI=1S/C21H17F3N4O3/c22-21(23,24)31-14-1-2-19-17(8-14)25-10-12-7-15(16-3-5-26-27-16)18(9-20(12)30-19)28-6-4-13(29)11-28/h1-3,5,7-10,13,29H,4,6,11H2,(H,26,27)/t13-/m1/s1/i10D. The molecule has 0 bridgehead atoms. The number of nitrogens with zero attached hydrogens (tertiary/aromatic N) is 3. The summed E-state index contributed by atoms with van der Waals surface area (Å²) in [6.45, 7) is 1.07. The number of β-amino-alcohol motifs (C(OH)–C–C–N with tert-alkyl or cyclic N) is 1. The number of anilines is 1. The number of ether oxygens (including phenoxy) is 2. The van der Waals surface area contributed by atoms with Crippen LogP contribution in [-0.2, 0) is 0 Å². The first-order valence-electron chi connectivity index (χ1n) is 10.0. The SMILES string of the molecule is [2H]C1=Nc2cc(OC(F)(F)F)ccc2Oc2cc(N3CC[C@@H](O)C3)c(-c3cc[nH]n3)cc21. The number of H-pyrrole nitrogens is 1. The quantitative estimate of drug-likeness (QED) is 0.642. The molecule has 7 nitrogen and oxygen atoms in total. The summed E-state index contributed by atoms with van der Waals surface area (Å²) < 4.78 is 56.1. The van der Waals surface area contributed by atoms with E-state index in [1.807, 2.05) is 4.90 Å². The Hall–Kier alpha value is -3.53. The Bertz CT molecular complexity index is 1200. The number of fused-ring (bicyclic) bond motifs is 2. The highest BCUT2D eigenvalue weighted by Crippen LogP contribution is 2.43. The van der Waals surface area contributed by atoms with Crippen molar-refractivity contribution < 1.29 is 29.1 Å². The van der Waals surface area contributed by atoms with E-state index in [4.69, 9.17) is 6.11 Å². The maximum atomic E-state index is 12.6. The van der Waals surface area contributed by atoms with E-state index >= 15 is 0 Å². The first-order chi connectivity index (χ1) is 15.3. The zero-order valence-electron chi connectivity index (χ0n) is 17.0. The molecular formula is C21H17F3N4O3. The van der Waals surface area contributed by atoms with Crippen LogP contribution in [0.2, 0.25) is 0 Å². The lowest BCUT2D eigenvalue weighted by molar-refractivity contribution is -0.274. The number of hydrogen-bond donors (Lipinski definition) is 2. The molecule has 3 aromatic rings. The van der Waals surface area contributed by atoms with Gasteiger partial charge in [0.05, 0.1) is 18.9 Å². The molecule has 0 radical (unpaired) electrons. The fraction of sp³-hybridized carbons (Fsp3) is 0.238. The summed E-state index contributed by atoms with van der Waals surface area (Å²) in [4.78, 5) is 6.17. The zero-order valence-corrected chi connectivity index (χ0v) is 16.0. The molecule has 3 heterocycles. The molecule has 1 aromatic heterocycles. The predicted molar refractivity (Wildman–Crippen MR) is 107 cm³/mol. The summed E-state index contributed by atoms with van der Waals surface area (Å²) in [6, 6.07) is 8.78. The highest BCUT2D eigenvalue weighted by atomic mass is 19.4. The molecule has 2 aromatic carbocycles. The summed E-state index contributed by atoms with van der Waals surface area (Å²) in [7, 11) is 0. The normalized spacial score (nSPS) is 18.5. The van der Waals surface area contributed by atoms with Crippen LogP contribution in [0.4, 0.5) is 24.5 Å². The van der Waals surface area contributed by atoms with Crippen molar-refractivity contribution in [2.24, 2.45) is 4.99 Å². The van der Waals surface area contributed by atoms with E-state index in [1.165, 1.54) is 6.07 Å². The third kappa shape index (κ3) is 3.93. The molecule has 1 fully saturated rings. The largest absolute Gasteiger partial charge is 0.573 e. The van der Waals surface area contributed by atoms with Gasteiger partial charge in [-0.15, -0.1) is 13.2 Å². The highest BCUT2D eigenvalue weighted by molar-refractivity contribution is 5.93. The number of rotatable bonds is 3. The minimum Gasteiger partial charge on any atom is -0.454 e. The van der Waals surface area contributed by atoms with Crippen LogP contribution in [-0.4, -0.2) is 47.1 Å². The average molecular weight is 431 g/mol. The van der Waals surface area contributed by atoms with Gasteiger partial charge in [-0.1, -0.05) is 0 Å². The summed E-state index contributed by atoms with van der Waals surface area (Å²) in [5.74, 6) is 0.0759. The lowest BCUT2D eigenvalue weighted by Crippen LogP contribution is -2.22. The third-order valence-corrected chi connectivity index (χ3v) is 5.06. The van der Waals surface area contributed by atoms with E-state index in [1.54, 1.807) is 24.4 Å². The maximum absolute atomic E-state index is 12.6. The molecular weight excluding hydrogens is 413 g/mol.